The molecule has 5 heteroatoms. The largest absolute Gasteiger partial charge is 0.421 e. The van der Waals surface area contributed by atoms with Crippen molar-refractivity contribution < 1.29 is 4.42 Å². The first-order valence-corrected chi connectivity index (χ1v) is 8.45. The molecule has 2 heterocycles. The van der Waals surface area contributed by atoms with Gasteiger partial charge >= 0.3 is 5.76 Å². The SMILES string of the molecule is O=c1oc2cccnc2n1CCCCCCCCCBr. The number of aromatic nitrogens is 2. The molecule has 110 valence electrons. The van der Waals surface area contributed by atoms with Gasteiger partial charge in [-0.3, -0.25) is 4.57 Å². The molecule has 0 amide bonds. The summed E-state index contributed by atoms with van der Waals surface area (Å²) in [6, 6.07) is 3.56. The summed E-state index contributed by atoms with van der Waals surface area (Å²) in [6.07, 6.45) is 10.2. The Bertz CT molecular complexity index is 577. The average molecular weight is 341 g/mol. The van der Waals surface area contributed by atoms with Gasteiger partial charge < -0.3 is 4.42 Å². The lowest BCUT2D eigenvalue weighted by molar-refractivity contribution is 0.484. The molecule has 4 nitrogen and oxygen atoms in total. The molecule has 0 aliphatic rings. The number of pyridine rings is 1. The van der Waals surface area contributed by atoms with Crippen molar-refractivity contribution in [2.45, 2.75) is 51.5 Å². The van der Waals surface area contributed by atoms with Crippen LogP contribution in [0.2, 0.25) is 0 Å². The Morgan fingerprint density at radius 3 is 2.55 bits per heavy atom. The van der Waals surface area contributed by atoms with Crippen molar-refractivity contribution in [3.8, 4) is 0 Å². The van der Waals surface area contributed by atoms with E-state index in [4.69, 9.17) is 4.42 Å². The molecular weight excluding hydrogens is 320 g/mol. The summed E-state index contributed by atoms with van der Waals surface area (Å²) in [7, 11) is 0. The fourth-order valence-electron chi connectivity index (χ4n) is 2.35. The number of hydrogen-bond acceptors (Lipinski definition) is 3. The Morgan fingerprint density at radius 2 is 1.80 bits per heavy atom. The van der Waals surface area contributed by atoms with E-state index in [1.807, 2.05) is 0 Å². The summed E-state index contributed by atoms with van der Waals surface area (Å²) in [6.45, 7) is 0.699. The van der Waals surface area contributed by atoms with E-state index in [0.29, 0.717) is 17.8 Å². The molecule has 2 aromatic heterocycles. The third kappa shape index (κ3) is 4.20. The number of halogens is 1. The Hall–Kier alpha value is -1.10. The number of hydrogen-bond donors (Lipinski definition) is 0. The maximum Gasteiger partial charge on any atom is 0.421 e. The maximum atomic E-state index is 11.7. The zero-order valence-corrected chi connectivity index (χ0v) is 13.3. The third-order valence-electron chi connectivity index (χ3n) is 3.44. The van der Waals surface area contributed by atoms with E-state index >= 15 is 0 Å². The van der Waals surface area contributed by atoms with Gasteiger partial charge in [-0.15, -0.1) is 0 Å². The summed E-state index contributed by atoms with van der Waals surface area (Å²) in [5, 5.41) is 1.11. The second kappa shape index (κ2) is 8.25. The van der Waals surface area contributed by atoms with Gasteiger partial charge in [-0.05, 0) is 25.0 Å². The summed E-state index contributed by atoms with van der Waals surface area (Å²) in [5.74, 6) is -0.295. The number of unbranched alkanes of at least 4 members (excludes halogenated alkanes) is 6. The topological polar surface area (TPSA) is 48.0 Å². The highest BCUT2D eigenvalue weighted by Crippen LogP contribution is 2.12. The van der Waals surface area contributed by atoms with Gasteiger partial charge in [0, 0.05) is 18.1 Å². The number of rotatable bonds is 9. The van der Waals surface area contributed by atoms with Gasteiger partial charge in [0.1, 0.15) is 0 Å². The minimum absolute atomic E-state index is 0.295. The van der Waals surface area contributed by atoms with E-state index in [0.717, 1.165) is 18.2 Å². The van der Waals surface area contributed by atoms with Gasteiger partial charge in [-0.25, -0.2) is 9.78 Å². The fourth-order valence-corrected chi connectivity index (χ4v) is 2.74. The molecule has 0 saturated carbocycles. The average Bonchev–Trinajstić information content (AvgIpc) is 2.78. The Kier molecular flexibility index (Phi) is 6.30. The molecule has 0 fully saturated rings. The van der Waals surface area contributed by atoms with E-state index < -0.39 is 0 Å². The van der Waals surface area contributed by atoms with Gasteiger partial charge in [-0.1, -0.05) is 48.0 Å². The van der Waals surface area contributed by atoms with E-state index in [1.54, 1.807) is 22.9 Å². The minimum Gasteiger partial charge on any atom is -0.406 e. The summed E-state index contributed by atoms with van der Waals surface area (Å²) in [5.41, 5.74) is 1.24. The number of oxazole rings is 1. The van der Waals surface area contributed by atoms with Gasteiger partial charge in [-0.2, -0.15) is 0 Å². The van der Waals surface area contributed by atoms with Crippen molar-refractivity contribution in [2.24, 2.45) is 0 Å². The van der Waals surface area contributed by atoms with Crippen LogP contribution in [-0.4, -0.2) is 14.9 Å². The van der Waals surface area contributed by atoms with E-state index in [-0.39, 0.29) is 5.76 Å². The molecular formula is C15H21BrN2O2. The van der Waals surface area contributed by atoms with Gasteiger partial charge in [0.25, 0.3) is 0 Å². The maximum absolute atomic E-state index is 11.7. The van der Waals surface area contributed by atoms with E-state index in [1.165, 1.54) is 32.1 Å². The second-order valence-corrected chi connectivity index (χ2v) is 5.80. The Morgan fingerprint density at radius 1 is 1.10 bits per heavy atom. The van der Waals surface area contributed by atoms with Crippen molar-refractivity contribution in [1.29, 1.82) is 0 Å². The van der Waals surface area contributed by atoms with Gasteiger partial charge in [0.05, 0.1) is 0 Å². The molecule has 0 saturated heterocycles. The molecule has 0 atom stereocenters. The quantitative estimate of drug-likeness (QED) is 0.509. The van der Waals surface area contributed by atoms with E-state index in [2.05, 4.69) is 20.9 Å². The van der Waals surface area contributed by atoms with Crippen LogP contribution in [0, 0.1) is 0 Å². The highest BCUT2D eigenvalue weighted by molar-refractivity contribution is 9.09. The molecule has 0 N–H and O–H groups in total. The van der Waals surface area contributed by atoms with Crippen molar-refractivity contribution in [1.82, 2.24) is 9.55 Å². The van der Waals surface area contributed by atoms with Crippen LogP contribution in [0.4, 0.5) is 0 Å². The predicted octanol–water partition coefficient (Wildman–Crippen LogP) is 4.12. The summed E-state index contributed by atoms with van der Waals surface area (Å²) in [4.78, 5) is 15.9. The lowest BCUT2D eigenvalue weighted by Crippen LogP contribution is -2.14. The van der Waals surface area contributed by atoms with Crippen LogP contribution in [0.5, 0.6) is 0 Å². The van der Waals surface area contributed by atoms with Crippen LogP contribution in [0.25, 0.3) is 11.2 Å². The van der Waals surface area contributed by atoms with Crippen LogP contribution in [0.15, 0.2) is 27.5 Å². The summed E-state index contributed by atoms with van der Waals surface area (Å²) >= 11 is 3.44. The normalized spacial score (nSPS) is 11.2. The summed E-state index contributed by atoms with van der Waals surface area (Å²) < 4.78 is 6.80. The van der Waals surface area contributed by atoms with Gasteiger partial charge in [0.2, 0.25) is 0 Å². The highest BCUT2D eigenvalue weighted by Gasteiger charge is 2.08. The van der Waals surface area contributed by atoms with Crippen LogP contribution < -0.4 is 5.76 Å². The molecule has 0 aliphatic heterocycles. The first kappa shape index (κ1) is 15.3. The zero-order valence-electron chi connectivity index (χ0n) is 11.7. The standard InChI is InChI=1S/C15H21BrN2O2/c16-10-6-4-2-1-3-5-7-12-18-14-13(20-15(18)19)9-8-11-17-14/h8-9,11H,1-7,10,12H2. The first-order valence-electron chi connectivity index (χ1n) is 7.33. The minimum atomic E-state index is -0.295. The van der Waals surface area contributed by atoms with Crippen molar-refractivity contribution >= 4 is 27.2 Å². The Balaban J connectivity index is 1.73. The predicted molar refractivity (Wildman–Crippen MR) is 84.4 cm³/mol. The number of aryl methyl sites for hydroxylation is 1. The fraction of sp³-hybridized carbons (Fsp3) is 0.600. The lowest BCUT2D eigenvalue weighted by Gasteiger charge is -2.02. The molecule has 0 bridgehead atoms. The van der Waals surface area contributed by atoms with Crippen molar-refractivity contribution in [3.63, 3.8) is 0 Å². The molecule has 0 unspecified atom stereocenters. The van der Waals surface area contributed by atoms with Gasteiger partial charge in [0.15, 0.2) is 11.2 Å². The molecule has 0 aliphatic carbocycles. The monoisotopic (exact) mass is 340 g/mol. The highest BCUT2D eigenvalue weighted by atomic mass is 79.9. The van der Waals surface area contributed by atoms with Crippen molar-refractivity contribution in [3.05, 3.63) is 28.9 Å². The number of alkyl halides is 1. The molecule has 2 rings (SSSR count). The van der Waals surface area contributed by atoms with Crippen LogP contribution in [-0.2, 0) is 6.54 Å². The lowest BCUT2D eigenvalue weighted by atomic mass is 10.1. The third-order valence-corrected chi connectivity index (χ3v) is 4.00. The second-order valence-electron chi connectivity index (χ2n) is 5.01. The van der Waals surface area contributed by atoms with E-state index in [9.17, 15) is 4.79 Å². The molecule has 2 aromatic rings. The van der Waals surface area contributed by atoms with Crippen LogP contribution in [0.3, 0.4) is 0 Å². The molecule has 0 radical (unpaired) electrons. The smallest absolute Gasteiger partial charge is 0.406 e. The molecule has 20 heavy (non-hydrogen) atoms. The molecule has 0 aromatic carbocycles. The number of nitrogens with zero attached hydrogens (tertiary/aromatic N) is 2. The number of fused-ring (bicyclic) bond motifs is 1. The zero-order chi connectivity index (χ0) is 14.2. The Labute approximate surface area is 127 Å². The van der Waals surface area contributed by atoms with Crippen molar-refractivity contribution in [2.75, 3.05) is 5.33 Å². The van der Waals surface area contributed by atoms with Crippen LogP contribution >= 0.6 is 15.9 Å². The molecule has 0 spiro atoms. The van der Waals surface area contributed by atoms with Crippen LogP contribution in [0.1, 0.15) is 44.9 Å². The first-order chi connectivity index (χ1) is 9.83.